The topological polar surface area (TPSA) is 143 Å². The maximum Gasteiger partial charge on any atom is 0.265 e. The number of amides is 2. The number of primary amides is 2. The van der Waals surface area contributed by atoms with Gasteiger partial charge < -0.3 is 21.4 Å². The van der Waals surface area contributed by atoms with Gasteiger partial charge in [-0.2, -0.15) is 4.31 Å². The van der Waals surface area contributed by atoms with Gasteiger partial charge in [0.15, 0.2) is 0 Å². The third-order valence-electron chi connectivity index (χ3n) is 7.15. The number of carbonyl (C=O) groups excluding carboxylic acids is 2. The minimum absolute atomic E-state index is 0.00677. The number of aromatic nitrogens is 1. The van der Waals surface area contributed by atoms with E-state index in [0.717, 1.165) is 39.0 Å². The monoisotopic (exact) mass is 551 g/mol. The van der Waals surface area contributed by atoms with Crippen molar-refractivity contribution in [3.63, 3.8) is 0 Å². The van der Waals surface area contributed by atoms with Gasteiger partial charge in [-0.15, -0.1) is 11.8 Å². The number of sulfonamides is 1. The molecule has 2 aromatic carbocycles. The maximum absolute atomic E-state index is 12.3. The van der Waals surface area contributed by atoms with Crippen LogP contribution in [0.1, 0.15) is 35.0 Å². The van der Waals surface area contributed by atoms with E-state index in [1.165, 1.54) is 22.3 Å². The Balaban J connectivity index is 1.63. The van der Waals surface area contributed by atoms with Crippen LogP contribution in [0, 0.1) is 6.92 Å². The van der Waals surface area contributed by atoms with E-state index < -0.39 is 21.8 Å². The fourth-order valence-electron chi connectivity index (χ4n) is 5.18. The Morgan fingerprint density at radius 2 is 1.87 bits per heavy atom. The number of hydrogen-bond acceptors (Lipinski definition) is 6. The van der Waals surface area contributed by atoms with Crippen LogP contribution < -0.4 is 16.4 Å². The molecule has 0 saturated heterocycles. The van der Waals surface area contributed by atoms with Crippen LogP contribution >= 0.6 is 11.8 Å². The molecule has 0 bridgehead atoms. The summed E-state index contributed by atoms with van der Waals surface area (Å²) in [7, 11) is -3.27. The Morgan fingerprint density at radius 3 is 2.50 bits per heavy atom. The lowest BCUT2D eigenvalue weighted by molar-refractivity contribution is -0.114. The summed E-state index contributed by atoms with van der Waals surface area (Å²) in [5.41, 5.74) is 18.3. The molecule has 198 valence electrons. The molecule has 0 aliphatic carbocycles. The smallest absolute Gasteiger partial charge is 0.265 e. The SMILES string of the molecule is Cc1c(-c2ccc(C(N)=O)c3[nH]c(C4=CCN(S(C)(=O)=O)CC4)cc23)cccc1N1C(C(N)=O)=CSC1C. The van der Waals surface area contributed by atoms with Crippen LogP contribution in [0.4, 0.5) is 5.69 Å². The van der Waals surface area contributed by atoms with Crippen LogP contribution in [0.15, 0.2) is 53.6 Å². The molecular weight excluding hydrogens is 522 g/mol. The molecule has 2 amide bonds. The number of anilines is 1. The number of fused-ring (bicyclic) bond motifs is 1. The molecule has 11 heteroatoms. The van der Waals surface area contributed by atoms with E-state index in [4.69, 9.17) is 11.5 Å². The third-order valence-corrected chi connectivity index (χ3v) is 9.39. The number of H-pyrrole nitrogens is 1. The number of rotatable bonds is 6. The third kappa shape index (κ3) is 4.50. The lowest BCUT2D eigenvalue weighted by atomic mass is 9.94. The second kappa shape index (κ2) is 9.64. The summed E-state index contributed by atoms with van der Waals surface area (Å²) >= 11 is 1.53. The van der Waals surface area contributed by atoms with Crippen molar-refractivity contribution < 1.29 is 18.0 Å². The van der Waals surface area contributed by atoms with E-state index >= 15 is 0 Å². The van der Waals surface area contributed by atoms with Gasteiger partial charge in [0.1, 0.15) is 5.70 Å². The first-order chi connectivity index (χ1) is 18.0. The van der Waals surface area contributed by atoms with Crippen LogP contribution in [0.25, 0.3) is 27.6 Å². The first-order valence-corrected chi connectivity index (χ1v) is 14.9. The van der Waals surface area contributed by atoms with Crippen LogP contribution in [0.2, 0.25) is 0 Å². The van der Waals surface area contributed by atoms with Gasteiger partial charge in [-0.05, 0) is 60.7 Å². The van der Waals surface area contributed by atoms with Crippen molar-refractivity contribution in [1.82, 2.24) is 9.29 Å². The van der Waals surface area contributed by atoms with E-state index in [9.17, 15) is 18.0 Å². The molecule has 2 aliphatic rings. The van der Waals surface area contributed by atoms with Gasteiger partial charge in [-0.1, -0.05) is 24.3 Å². The number of benzene rings is 2. The van der Waals surface area contributed by atoms with E-state index in [1.54, 1.807) is 11.5 Å². The van der Waals surface area contributed by atoms with Gasteiger partial charge in [0.2, 0.25) is 10.0 Å². The second-order valence-electron chi connectivity index (χ2n) is 9.52. The molecule has 0 spiro atoms. The average molecular weight is 552 g/mol. The van der Waals surface area contributed by atoms with Crippen molar-refractivity contribution in [2.24, 2.45) is 11.5 Å². The summed E-state index contributed by atoms with van der Waals surface area (Å²) in [6.45, 7) is 4.70. The standard InChI is InChI=1S/C27H29N5O4S2/c1-15-18(5-4-6-23(15)32-16(2)37-14-24(32)27(29)34)19-7-8-20(26(28)33)25-21(19)13-22(30-25)17-9-11-31(12-10-17)38(3,35)36/h4-9,13-14,16,30H,10-12H2,1-3H3,(H2,28,33)(H2,29,34). The molecule has 38 heavy (non-hydrogen) atoms. The van der Waals surface area contributed by atoms with Crippen molar-refractivity contribution in [3.8, 4) is 11.1 Å². The largest absolute Gasteiger partial charge is 0.366 e. The van der Waals surface area contributed by atoms with Gasteiger partial charge in [0.05, 0.1) is 22.7 Å². The summed E-state index contributed by atoms with van der Waals surface area (Å²) in [6, 6.07) is 11.5. The predicted octanol–water partition coefficient (Wildman–Crippen LogP) is 3.52. The van der Waals surface area contributed by atoms with E-state index in [0.29, 0.717) is 36.3 Å². The lowest BCUT2D eigenvalue weighted by Gasteiger charge is -2.28. The minimum atomic E-state index is -3.27. The fraction of sp³-hybridized carbons (Fsp3) is 0.259. The van der Waals surface area contributed by atoms with Crippen molar-refractivity contribution >= 4 is 55.8 Å². The summed E-state index contributed by atoms with van der Waals surface area (Å²) in [6.07, 6.45) is 3.65. The molecule has 5 rings (SSSR count). The molecule has 0 saturated carbocycles. The highest BCUT2D eigenvalue weighted by Crippen LogP contribution is 2.42. The van der Waals surface area contributed by atoms with Crippen LogP contribution in [-0.2, 0) is 14.8 Å². The molecular formula is C27H29N5O4S2. The molecule has 1 atom stereocenters. The zero-order chi connectivity index (χ0) is 27.4. The first-order valence-electron chi connectivity index (χ1n) is 12.1. The minimum Gasteiger partial charge on any atom is -0.366 e. The molecule has 1 aromatic heterocycles. The summed E-state index contributed by atoms with van der Waals surface area (Å²) in [5.74, 6) is -1.02. The Morgan fingerprint density at radius 1 is 1.11 bits per heavy atom. The van der Waals surface area contributed by atoms with Crippen LogP contribution in [0.3, 0.4) is 0 Å². The van der Waals surface area contributed by atoms with Gasteiger partial charge in [-0.3, -0.25) is 9.59 Å². The highest BCUT2D eigenvalue weighted by atomic mass is 32.2. The van der Waals surface area contributed by atoms with Gasteiger partial charge in [0.25, 0.3) is 11.8 Å². The Kier molecular flexibility index (Phi) is 6.62. The van der Waals surface area contributed by atoms with Crippen LogP contribution in [0.5, 0.6) is 0 Å². The first kappa shape index (κ1) is 26.1. The van der Waals surface area contributed by atoms with Crippen molar-refractivity contribution in [3.05, 3.63) is 70.4 Å². The Hall–Kier alpha value is -3.54. The summed E-state index contributed by atoms with van der Waals surface area (Å²) in [5, 5.41) is 2.63. The molecule has 0 radical (unpaired) electrons. The maximum atomic E-state index is 12.3. The van der Waals surface area contributed by atoms with E-state index in [-0.39, 0.29) is 5.37 Å². The highest BCUT2D eigenvalue weighted by molar-refractivity contribution is 8.03. The second-order valence-corrected chi connectivity index (χ2v) is 12.7. The molecule has 2 aliphatic heterocycles. The number of aromatic amines is 1. The number of hydrogen-bond donors (Lipinski definition) is 3. The predicted molar refractivity (Wildman–Crippen MR) is 153 cm³/mol. The molecule has 9 nitrogen and oxygen atoms in total. The zero-order valence-electron chi connectivity index (χ0n) is 21.3. The molecule has 3 aromatic rings. The number of nitrogens with zero attached hydrogens (tertiary/aromatic N) is 2. The summed E-state index contributed by atoms with van der Waals surface area (Å²) < 4.78 is 25.3. The zero-order valence-corrected chi connectivity index (χ0v) is 22.9. The van der Waals surface area contributed by atoms with Crippen LogP contribution in [-0.4, -0.2) is 54.2 Å². The van der Waals surface area contributed by atoms with Crippen molar-refractivity contribution in [2.45, 2.75) is 25.6 Å². The van der Waals surface area contributed by atoms with Crippen molar-refractivity contribution in [1.29, 1.82) is 0 Å². The van der Waals surface area contributed by atoms with E-state index in [2.05, 4.69) is 4.98 Å². The number of thioether (sulfide) groups is 1. The Labute approximate surface area is 225 Å². The quantitative estimate of drug-likeness (QED) is 0.428. The molecule has 3 heterocycles. The molecule has 0 fully saturated rings. The molecule has 1 unspecified atom stereocenters. The Bertz CT molecular complexity index is 1660. The van der Waals surface area contributed by atoms with Gasteiger partial charge >= 0.3 is 0 Å². The molecule has 5 N–H and O–H groups in total. The normalized spacial score (nSPS) is 18.5. The van der Waals surface area contributed by atoms with Gasteiger partial charge in [-0.25, -0.2) is 8.42 Å². The van der Waals surface area contributed by atoms with E-state index in [1.807, 2.05) is 55.2 Å². The van der Waals surface area contributed by atoms with Gasteiger partial charge in [0, 0.05) is 35.3 Å². The lowest BCUT2D eigenvalue weighted by Crippen LogP contribution is -2.33. The number of nitrogens with two attached hydrogens (primary N) is 2. The highest BCUT2D eigenvalue weighted by Gasteiger charge is 2.30. The van der Waals surface area contributed by atoms with Crippen molar-refractivity contribution in [2.75, 3.05) is 24.2 Å². The summed E-state index contributed by atoms with van der Waals surface area (Å²) in [4.78, 5) is 29.7. The number of nitrogens with one attached hydrogen (secondary N) is 1. The fourth-order valence-corrected chi connectivity index (χ4v) is 6.86. The average Bonchev–Trinajstić information content (AvgIpc) is 3.47. The number of carbonyl (C=O) groups is 2.